The number of anilines is 3. The Morgan fingerprint density at radius 3 is 2.46 bits per heavy atom. The van der Waals surface area contributed by atoms with Gasteiger partial charge >= 0.3 is 6.09 Å². The molecular weight excluding hydrogens is 492 g/mol. The van der Waals surface area contributed by atoms with E-state index in [4.69, 9.17) is 4.74 Å². The van der Waals surface area contributed by atoms with E-state index >= 15 is 0 Å². The Kier molecular flexibility index (Phi) is 6.09. The zero-order valence-electron chi connectivity index (χ0n) is 22.6. The second kappa shape index (κ2) is 9.61. The Morgan fingerprint density at radius 2 is 1.77 bits per heavy atom. The number of hydrogen-bond acceptors (Lipinski definition) is 7. The molecule has 0 radical (unpaired) electrons. The van der Waals surface area contributed by atoms with Crippen LogP contribution in [0.4, 0.5) is 22.0 Å². The summed E-state index contributed by atoms with van der Waals surface area (Å²) < 4.78 is 7.32. The number of carbonyl (C=O) groups excluding carboxylic acids is 1. The molecule has 10 heteroatoms. The Hall–Kier alpha value is -4.60. The van der Waals surface area contributed by atoms with Crippen molar-refractivity contribution in [3.8, 4) is 11.1 Å². The highest BCUT2D eigenvalue weighted by molar-refractivity contribution is 6.12. The lowest BCUT2D eigenvalue weighted by molar-refractivity contribution is 0.0240. The Morgan fingerprint density at radius 1 is 1.00 bits per heavy atom. The van der Waals surface area contributed by atoms with Gasteiger partial charge in [0.15, 0.2) is 0 Å². The number of nitrogens with zero attached hydrogens (tertiary/aromatic N) is 6. The lowest BCUT2D eigenvalue weighted by Crippen LogP contribution is -2.50. The average molecular weight is 525 g/mol. The van der Waals surface area contributed by atoms with E-state index in [1.807, 2.05) is 40.2 Å². The van der Waals surface area contributed by atoms with Crippen molar-refractivity contribution in [2.75, 3.05) is 36.4 Å². The van der Waals surface area contributed by atoms with E-state index in [0.717, 1.165) is 63.3 Å². The molecule has 2 N–H and O–H groups in total. The maximum atomic E-state index is 12.4. The van der Waals surface area contributed by atoms with Gasteiger partial charge in [0.25, 0.3) is 0 Å². The molecule has 1 aliphatic heterocycles. The third-order valence-electron chi connectivity index (χ3n) is 6.85. The van der Waals surface area contributed by atoms with Crippen LogP contribution in [0.1, 0.15) is 20.8 Å². The van der Waals surface area contributed by atoms with Gasteiger partial charge in [0.05, 0.1) is 11.6 Å². The summed E-state index contributed by atoms with van der Waals surface area (Å²) >= 11 is 0. The lowest BCUT2D eigenvalue weighted by atomic mass is 10.1. The molecule has 1 saturated heterocycles. The van der Waals surface area contributed by atoms with Crippen molar-refractivity contribution in [1.29, 1.82) is 0 Å². The van der Waals surface area contributed by atoms with Crippen molar-refractivity contribution in [3.63, 3.8) is 0 Å². The average Bonchev–Trinajstić information content (AvgIpc) is 3.52. The quantitative estimate of drug-likeness (QED) is 0.328. The van der Waals surface area contributed by atoms with Crippen molar-refractivity contribution in [2.45, 2.75) is 26.4 Å². The van der Waals surface area contributed by atoms with E-state index in [0.29, 0.717) is 13.1 Å². The van der Waals surface area contributed by atoms with Crippen LogP contribution in [-0.4, -0.2) is 67.5 Å². The van der Waals surface area contributed by atoms with E-state index in [-0.39, 0.29) is 6.09 Å². The van der Waals surface area contributed by atoms with Gasteiger partial charge < -0.3 is 24.8 Å². The van der Waals surface area contributed by atoms with Crippen LogP contribution in [0.2, 0.25) is 0 Å². The Bertz CT molecular complexity index is 1640. The van der Waals surface area contributed by atoms with Crippen molar-refractivity contribution < 1.29 is 9.53 Å². The number of aryl methyl sites for hydroxylation is 1. The minimum Gasteiger partial charge on any atom is -0.444 e. The fourth-order valence-electron chi connectivity index (χ4n) is 4.93. The molecule has 4 heterocycles. The van der Waals surface area contributed by atoms with E-state index in [2.05, 4.69) is 72.7 Å². The smallest absolute Gasteiger partial charge is 0.410 e. The van der Waals surface area contributed by atoms with Crippen molar-refractivity contribution in [2.24, 2.45) is 7.05 Å². The number of benzene rings is 2. The molecule has 5 aromatic rings. The van der Waals surface area contributed by atoms with E-state index in [1.165, 1.54) is 0 Å². The summed E-state index contributed by atoms with van der Waals surface area (Å²) in [5.41, 5.74) is 5.49. The molecule has 0 saturated carbocycles. The zero-order chi connectivity index (χ0) is 27.1. The van der Waals surface area contributed by atoms with Crippen molar-refractivity contribution in [3.05, 3.63) is 61.2 Å². The van der Waals surface area contributed by atoms with Crippen molar-refractivity contribution in [1.82, 2.24) is 29.6 Å². The highest BCUT2D eigenvalue weighted by Crippen LogP contribution is 2.34. The number of aromatic amines is 1. The predicted molar refractivity (Wildman–Crippen MR) is 153 cm³/mol. The number of piperazine rings is 1. The first-order chi connectivity index (χ1) is 18.7. The van der Waals surface area contributed by atoms with Crippen LogP contribution in [0.25, 0.3) is 33.1 Å². The first kappa shape index (κ1) is 24.7. The molecule has 0 bridgehead atoms. The fourth-order valence-corrected chi connectivity index (χ4v) is 4.93. The van der Waals surface area contributed by atoms with Gasteiger partial charge in [-0.3, -0.25) is 4.68 Å². The number of carbonyl (C=O) groups is 1. The second-order valence-corrected chi connectivity index (χ2v) is 10.9. The number of rotatable bonds is 4. The molecule has 0 aliphatic carbocycles. The molecule has 39 heavy (non-hydrogen) atoms. The fraction of sp³-hybridized carbons (Fsp3) is 0.310. The molecule has 1 amide bonds. The van der Waals surface area contributed by atoms with Gasteiger partial charge in [-0.25, -0.2) is 14.8 Å². The van der Waals surface area contributed by atoms with Gasteiger partial charge in [-0.2, -0.15) is 5.10 Å². The molecule has 6 rings (SSSR count). The number of ether oxygens (including phenoxy) is 1. The van der Waals surface area contributed by atoms with Crippen LogP contribution >= 0.6 is 0 Å². The number of fused-ring (bicyclic) bond motifs is 3. The van der Waals surface area contributed by atoms with Gasteiger partial charge in [0.1, 0.15) is 23.4 Å². The van der Waals surface area contributed by atoms with Gasteiger partial charge in [0.2, 0.25) is 0 Å². The molecule has 0 spiro atoms. The standard InChI is InChI=1S/C29H32N8O2/c1-29(2,3)39-28(38)37-13-11-36(12-14-37)22-8-6-21(7-9-22)33-26-25-23-15-19(20-16-32-35(4)17-20)5-10-24(23)34-27(25)31-18-30-26/h5-10,15-18H,11-14H2,1-4H3,(H2,30,31,33,34). The molecule has 1 aliphatic rings. The highest BCUT2D eigenvalue weighted by atomic mass is 16.6. The molecule has 0 unspecified atom stereocenters. The minimum atomic E-state index is -0.485. The van der Waals surface area contributed by atoms with Gasteiger partial charge in [0, 0.05) is 67.3 Å². The molecule has 10 nitrogen and oxygen atoms in total. The van der Waals surface area contributed by atoms with Crippen LogP contribution in [0.5, 0.6) is 0 Å². The number of H-pyrrole nitrogens is 1. The summed E-state index contributed by atoms with van der Waals surface area (Å²) in [5, 5.41) is 9.79. The van der Waals surface area contributed by atoms with Gasteiger partial charge in [-0.1, -0.05) is 6.07 Å². The highest BCUT2D eigenvalue weighted by Gasteiger charge is 2.26. The summed E-state index contributed by atoms with van der Waals surface area (Å²) in [5.74, 6) is 0.744. The molecule has 200 valence electrons. The Labute approximate surface area is 226 Å². The zero-order valence-corrected chi connectivity index (χ0v) is 22.6. The van der Waals surface area contributed by atoms with Gasteiger partial charge in [-0.05, 0) is 62.7 Å². The van der Waals surface area contributed by atoms with E-state index < -0.39 is 5.60 Å². The summed E-state index contributed by atoms with van der Waals surface area (Å²) in [6.07, 6.45) is 5.19. The largest absolute Gasteiger partial charge is 0.444 e. The number of nitrogens with one attached hydrogen (secondary N) is 2. The minimum absolute atomic E-state index is 0.247. The topological polar surface area (TPSA) is 104 Å². The number of aromatic nitrogens is 5. The number of amides is 1. The van der Waals surface area contributed by atoms with Crippen molar-refractivity contribution >= 4 is 45.2 Å². The van der Waals surface area contributed by atoms with Crippen LogP contribution in [0.15, 0.2) is 61.2 Å². The molecule has 3 aromatic heterocycles. The normalized spacial score (nSPS) is 14.3. The maximum absolute atomic E-state index is 12.4. The number of hydrogen-bond donors (Lipinski definition) is 2. The van der Waals surface area contributed by atoms with Crippen LogP contribution in [0, 0.1) is 0 Å². The molecule has 1 fully saturated rings. The second-order valence-electron chi connectivity index (χ2n) is 10.9. The lowest BCUT2D eigenvalue weighted by Gasteiger charge is -2.36. The Balaban J connectivity index is 1.19. The van der Waals surface area contributed by atoms with Crippen LogP contribution < -0.4 is 10.2 Å². The van der Waals surface area contributed by atoms with E-state index in [9.17, 15) is 4.79 Å². The summed E-state index contributed by atoms with van der Waals surface area (Å²) in [4.78, 5) is 28.9. The first-order valence-corrected chi connectivity index (χ1v) is 13.1. The predicted octanol–water partition coefficient (Wildman–Crippen LogP) is 5.31. The summed E-state index contributed by atoms with van der Waals surface area (Å²) in [7, 11) is 1.92. The monoisotopic (exact) mass is 524 g/mol. The maximum Gasteiger partial charge on any atom is 0.410 e. The SMILES string of the molecule is Cn1cc(-c2ccc3[nH]c4ncnc(Nc5ccc(N6CCN(C(=O)OC(C)(C)C)CC6)cc5)c4c3c2)cn1. The van der Waals surface area contributed by atoms with Crippen LogP contribution in [-0.2, 0) is 11.8 Å². The molecular formula is C29H32N8O2. The molecule has 2 aromatic carbocycles. The third kappa shape index (κ3) is 5.09. The summed E-state index contributed by atoms with van der Waals surface area (Å²) in [6.45, 7) is 8.45. The van der Waals surface area contributed by atoms with E-state index in [1.54, 1.807) is 15.9 Å². The first-order valence-electron chi connectivity index (χ1n) is 13.1. The summed E-state index contributed by atoms with van der Waals surface area (Å²) in [6, 6.07) is 14.6. The van der Waals surface area contributed by atoms with Crippen LogP contribution in [0.3, 0.4) is 0 Å². The molecule has 0 atom stereocenters. The third-order valence-corrected chi connectivity index (χ3v) is 6.85. The van der Waals surface area contributed by atoms with Gasteiger partial charge in [-0.15, -0.1) is 0 Å².